The van der Waals surface area contributed by atoms with Crippen molar-refractivity contribution in [1.82, 2.24) is 15.5 Å². The number of hydrogen-bond donors (Lipinski definition) is 2. The van der Waals surface area contributed by atoms with Gasteiger partial charge in [-0.15, -0.1) is 0 Å². The zero-order chi connectivity index (χ0) is 20.2. The third-order valence-electron chi connectivity index (χ3n) is 3.94. The number of carbonyl (C=O) groups is 1. The molecule has 28 heavy (non-hydrogen) atoms. The van der Waals surface area contributed by atoms with Gasteiger partial charge in [-0.2, -0.15) is 0 Å². The summed E-state index contributed by atoms with van der Waals surface area (Å²) < 4.78 is 5.70. The molecular weight excluding hydrogens is 352 g/mol. The quantitative estimate of drug-likeness (QED) is 0.399. The molecule has 2 aromatic carbocycles. The van der Waals surface area contributed by atoms with E-state index in [1.165, 1.54) is 0 Å². The lowest BCUT2D eigenvalue weighted by atomic mass is 10.2. The lowest BCUT2D eigenvalue weighted by Crippen LogP contribution is -2.42. The smallest absolute Gasteiger partial charge is 0.241 e. The highest BCUT2D eigenvalue weighted by atomic mass is 16.5. The van der Waals surface area contributed by atoms with Crippen LogP contribution in [0.4, 0.5) is 0 Å². The van der Waals surface area contributed by atoms with Gasteiger partial charge in [0.2, 0.25) is 5.91 Å². The average molecular weight is 380 g/mol. The predicted molar refractivity (Wildman–Crippen MR) is 113 cm³/mol. The number of benzene rings is 2. The summed E-state index contributed by atoms with van der Waals surface area (Å²) in [6.45, 7) is 5.33. The van der Waals surface area contributed by atoms with Gasteiger partial charge in [-0.1, -0.05) is 61.2 Å². The molecule has 148 valence electrons. The van der Waals surface area contributed by atoms with E-state index in [2.05, 4.69) is 22.2 Å². The molecule has 6 heteroatoms. The molecule has 0 aliphatic rings. The predicted octanol–water partition coefficient (Wildman–Crippen LogP) is 2.58. The van der Waals surface area contributed by atoms with Crippen molar-refractivity contribution in [3.05, 3.63) is 78.4 Å². The minimum atomic E-state index is -0.0241. The van der Waals surface area contributed by atoms with Crippen LogP contribution in [0.15, 0.2) is 72.2 Å². The van der Waals surface area contributed by atoms with E-state index in [1.807, 2.05) is 54.6 Å². The van der Waals surface area contributed by atoms with E-state index in [9.17, 15) is 4.79 Å². The van der Waals surface area contributed by atoms with Gasteiger partial charge in [-0.25, -0.2) is 4.99 Å². The van der Waals surface area contributed by atoms with Crippen molar-refractivity contribution in [3.63, 3.8) is 0 Å². The van der Waals surface area contributed by atoms with Crippen molar-refractivity contribution < 1.29 is 9.53 Å². The average Bonchev–Trinajstić information content (AvgIpc) is 2.72. The van der Waals surface area contributed by atoms with Crippen LogP contribution in [0.2, 0.25) is 0 Å². The van der Waals surface area contributed by atoms with Gasteiger partial charge in [0.05, 0.1) is 13.1 Å². The highest BCUT2D eigenvalue weighted by molar-refractivity contribution is 5.86. The van der Waals surface area contributed by atoms with Gasteiger partial charge in [-0.05, 0) is 11.6 Å². The Morgan fingerprint density at radius 2 is 1.82 bits per heavy atom. The van der Waals surface area contributed by atoms with Crippen molar-refractivity contribution in [2.75, 3.05) is 27.2 Å². The Hall–Kier alpha value is -3.28. The van der Waals surface area contributed by atoms with Crippen LogP contribution < -0.4 is 15.4 Å². The van der Waals surface area contributed by atoms with E-state index in [1.54, 1.807) is 25.1 Å². The van der Waals surface area contributed by atoms with Crippen LogP contribution in [0.5, 0.6) is 5.75 Å². The summed E-state index contributed by atoms with van der Waals surface area (Å²) in [7, 11) is 3.46. The lowest BCUT2D eigenvalue weighted by Gasteiger charge is -2.16. The van der Waals surface area contributed by atoms with Gasteiger partial charge in [0.25, 0.3) is 0 Å². The largest absolute Gasteiger partial charge is 0.489 e. The second kappa shape index (κ2) is 11.4. The molecule has 6 nitrogen and oxygen atoms in total. The molecule has 2 N–H and O–H groups in total. The number of rotatable bonds is 9. The van der Waals surface area contributed by atoms with Crippen LogP contribution in [-0.2, 0) is 17.9 Å². The molecule has 0 fully saturated rings. The topological polar surface area (TPSA) is 66.0 Å². The molecule has 0 saturated carbocycles. The first-order valence-electron chi connectivity index (χ1n) is 9.18. The van der Waals surface area contributed by atoms with E-state index in [-0.39, 0.29) is 12.5 Å². The van der Waals surface area contributed by atoms with Gasteiger partial charge in [0.15, 0.2) is 5.96 Å². The normalized spacial score (nSPS) is 10.9. The molecule has 0 aliphatic carbocycles. The molecule has 2 rings (SSSR count). The fourth-order valence-corrected chi connectivity index (χ4v) is 2.36. The van der Waals surface area contributed by atoms with Crippen LogP contribution >= 0.6 is 0 Å². The lowest BCUT2D eigenvalue weighted by molar-refractivity contribution is -0.127. The molecule has 0 radical (unpaired) electrons. The summed E-state index contributed by atoms with van der Waals surface area (Å²) in [6, 6.07) is 17.8. The summed E-state index contributed by atoms with van der Waals surface area (Å²) in [6.07, 6.45) is 1.71. The second-order valence-corrected chi connectivity index (χ2v) is 6.35. The fraction of sp³-hybridized carbons (Fsp3) is 0.273. The number of nitrogens with one attached hydrogen (secondary N) is 2. The van der Waals surface area contributed by atoms with Crippen molar-refractivity contribution in [2.45, 2.75) is 13.1 Å². The molecular formula is C22H28N4O2. The summed E-state index contributed by atoms with van der Waals surface area (Å²) in [5.41, 5.74) is 2.09. The summed E-state index contributed by atoms with van der Waals surface area (Å²) in [4.78, 5) is 18.1. The molecule has 0 heterocycles. The maximum atomic E-state index is 11.9. The van der Waals surface area contributed by atoms with Gasteiger partial charge in [0, 0.05) is 26.2 Å². The standard InChI is InChI=1S/C22H28N4O2/c1-4-14-28-20-13-9-8-12-19(20)16-24-22(25-17-21(27)26(2)3)23-15-18-10-6-5-7-11-18/h4-13H,1,14-17H2,2-3H3,(H2,23,24,25). The number of ether oxygens (including phenoxy) is 1. The number of nitrogens with zero attached hydrogens (tertiary/aromatic N) is 2. The zero-order valence-corrected chi connectivity index (χ0v) is 16.5. The Balaban J connectivity index is 2.06. The maximum absolute atomic E-state index is 11.9. The number of para-hydroxylation sites is 1. The molecule has 0 saturated heterocycles. The fourth-order valence-electron chi connectivity index (χ4n) is 2.36. The molecule has 2 aromatic rings. The monoisotopic (exact) mass is 380 g/mol. The molecule has 0 aromatic heterocycles. The molecule has 0 atom stereocenters. The Bertz CT molecular complexity index is 788. The molecule has 0 bridgehead atoms. The number of amides is 1. The summed E-state index contributed by atoms with van der Waals surface area (Å²) >= 11 is 0. The van der Waals surface area contributed by atoms with Crippen molar-refractivity contribution in [1.29, 1.82) is 0 Å². The van der Waals surface area contributed by atoms with E-state index in [0.29, 0.717) is 25.7 Å². The Labute approximate surface area is 166 Å². The van der Waals surface area contributed by atoms with Crippen LogP contribution in [-0.4, -0.2) is 44.0 Å². The minimum absolute atomic E-state index is 0.0241. The summed E-state index contributed by atoms with van der Waals surface area (Å²) in [5, 5.41) is 6.37. The van der Waals surface area contributed by atoms with Crippen LogP contribution in [0.3, 0.4) is 0 Å². The van der Waals surface area contributed by atoms with E-state index in [4.69, 9.17) is 4.74 Å². The first-order valence-corrected chi connectivity index (χ1v) is 9.18. The van der Waals surface area contributed by atoms with Gasteiger partial charge < -0.3 is 20.3 Å². The first kappa shape index (κ1) is 21.0. The number of aliphatic imine (C=N–C) groups is 1. The third kappa shape index (κ3) is 7.15. The van der Waals surface area contributed by atoms with E-state index >= 15 is 0 Å². The van der Waals surface area contributed by atoms with Gasteiger partial charge in [0.1, 0.15) is 12.4 Å². The number of carbonyl (C=O) groups excluding carboxylic acids is 1. The first-order chi connectivity index (χ1) is 13.6. The molecule has 0 unspecified atom stereocenters. The van der Waals surface area contributed by atoms with Crippen LogP contribution in [0.1, 0.15) is 11.1 Å². The molecule has 0 spiro atoms. The van der Waals surface area contributed by atoms with E-state index in [0.717, 1.165) is 16.9 Å². The Morgan fingerprint density at radius 1 is 1.11 bits per heavy atom. The van der Waals surface area contributed by atoms with Crippen molar-refractivity contribution >= 4 is 11.9 Å². The third-order valence-corrected chi connectivity index (χ3v) is 3.94. The zero-order valence-electron chi connectivity index (χ0n) is 16.5. The number of likely N-dealkylation sites (N-methyl/N-ethyl adjacent to an activating group) is 1. The number of hydrogen-bond acceptors (Lipinski definition) is 3. The summed E-state index contributed by atoms with van der Waals surface area (Å²) in [5.74, 6) is 1.34. The molecule has 0 aliphatic heterocycles. The Kier molecular flexibility index (Phi) is 8.59. The minimum Gasteiger partial charge on any atom is -0.489 e. The van der Waals surface area contributed by atoms with Crippen molar-refractivity contribution in [2.24, 2.45) is 4.99 Å². The van der Waals surface area contributed by atoms with Crippen LogP contribution in [0, 0.1) is 0 Å². The van der Waals surface area contributed by atoms with E-state index < -0.39 is 0 Å². The highest BCUT2D eigenvalue weighted by Crippen LogP contribution is 2.17. The van der Waals surface area contributed by atoms with Gasteiger partial charge in [-0.3, -0.25) is 4.79 Å². The van der Waals surface area contributed by atoms with Crippen molar-refractivity contribution in [3.8, 4) is 5.75 Å². The Morgan fingerprint density at radius 3 is 2.54 bits per heavy atom. The number of guanidine groups is 1. The van der Waals surface area contributed by atoms with Crippen LogP contribution in [0.25, 0.3) is 0 Å². The maximum Gasteiger partial charge on any atom is 0.241 e. The highest BCUT2D eigenvalue weighted by Gasteiger charge is 2.08. The molecule has 1 amide bonds. The SMILES string of the molecule is C=CCOc1ccccc1CNC(=NCc1ccccc1)NCC(=O)N(C)C. The van der Waals surface area contributed by atoms with Gasteiger partial charge >= 0.3 is 0 Å². The second-order valence-electron chi connectivity index (χ2n) is 6.35.